The van der Waals surface area contributed by atoms with Crippen molar-refractivity contribution in [2.75, 3.05) is 26.7 Å². The summed E-state index contributed by atoms with van der Waals surface area (Å²) in [5.41, 5.74) is 1.96. The molecular weight excluding hydrogens is 300 g/mol. The fraction of sp³-hybridized carbons (Fsp3) is 0.263. The van der Waals surface area contributed by atoms with E-state index in [2.05, 4.69) is 33.1 Å². The SMILES string of the molecule is CN=C(NCCNC(=O)c1ccccc1)NCCc1ccccc1. The Bertz CT molecular complexity index is 641. The first-order chi connectivity index (χ1) is 11.8. The van der Waals surface area contributed by atoms with Gasteiger partial charge in [-0.05, 0) is 24.1 Å². The van der Waals surface area contributed by atoms with Gasteiger partial charge >= 0.3 is 0 Å². The van der Waals surface area contributed by atoms with Crippen LogP contribution in [0.25, 0.3) is 0 Å². The summed E-state index contributed by atoms with van der Waals surface area (Å²) < 4.78 is 0. The number of carbonyl (C=O) groups is 1. The normalized spacial score (nSPS) is 11.0. The average Bonchev–Trinajstić information content (AvgIpc) is 2.65. The molecule has 2 rings (SSSR count). The van der Waals surface area contributed by atoms with Gasteiger partial charge in [-0.15, -0.1) is 0 Å². The number of aliphatic imine (C=N–C) groups is 1. The molecule has 0 saturated carbocycles. The summed E-state index contributed by atoms with van der Waals surface area (Å²) in [5.74, 6) is 0.671. The second kappa shape index (κ2) is 10.0. The topological polar surface area (TPSA) is 65.5 Å². The average molecular weight is 324 g/mol. The van der Waals surface area contributed by atoms with Crippen LogP contribution in [0.5, 0.6) is 0 Å². The van der Waals surface area contributed by atoms with Crippen LogP contribution in [0.4, 0.5) is 0 Å². The van der Waals surface area contributed by atoms with Gasteiger partial charge in [-0.3, -0.25) is 9.79 Å². The van der Waals surface area contributed by atoms with E-state index in [1.807, 2.05) is 36.4 Å². The molecule has 3 N–H and O–H groups in total. The number of hydrogen-bond donors (Lipinski definition) is 3. The maximum atomic E-state index is 11.9. The second-order valence-corrected chi connectivity index (χ2v) is 5.28. The van der Waals surface area contributed by atoms with E-state index in [0.29, 0.717) is 18.7 Å². The molecule has 0 aliphatic heterocycles. The predicted octanol–water partition coefficient (Wildman–Crippen LogP) is 1.82. The van der Waals surface area contributed by atoms with E-state index >= 15 is 0 Å². The molecule has 0 unspecified atom stereocenters. The Balaban J connectivity index is 1.62. The number of carbonyl (C=O) groups excluding carboxylic acids is 1. The quantitative estimate of drug-likeness (QED) is 0.413. The fourth-order valence-corrected chi connectivity index (χ4v) is 2.24. The highest BCUT2D eigenvalue weighted by Gasteiger charge is 2.03. The Hall–Kier alpha value is -2.82. The molecule has 2 aromatic carbocycles. The summed E-state index contributed by atoms with van der Waals surface area (Å²) in [6, 6.07) is 19.5. The zero-order valence-electron chi connectivity index (χ0n) is 14.0. The van der Waals surface area contributed by atoms with Crippen molar-refractivity contribution in [3.05, 3.63) is 71.8 Å². The van der Waals surface area contributed by atoms with E-state index in [1.54, 1.807) is 19.2 Å². The van der Waals surface area contributed by atoms with Gasteiger partial charge < -0.3 is 16.0 Å². The lowest BCUT2D eigenvalue weighted by Crippen LogP contribution is -2.42. The molecule has 0 radical (unpaired) electrons. The maximum absolute atomic E-state index is 11.9. The highest BCUT2D eigenvalue weighted by atomic mass is 16.1. The van der Waals surface area contributed by atoms with E-state index in [9.17, 15) is 4.79 Å². The lowest BCUT2D eigenvalue weighted by molar-refractivity contribution is 0.0954. The molecule has 0 atom stereocenters. The van der Waals surface area contributed by atoms with E-state index in [1.165, 1.54) is 5.56 Å². The lowest BCUT2D eigenvalue weighted by atomic mass is 10.1. The third kappa shape index (κ3) is 6.12. The van der Waals surface area contributed by atoms with Gasteiger partial charge in [0.05, 0.1) is 0 Å². The third-order valence-corrected chi connectivity index (χ3v) is 3.51. The lowest BCUT2D eigenvalue weighted by Gasteiger charge is -2.12. The highest BCUT2D eigenvalue weighted by Crippen LogP contribution is 1.98. The van der Waals surface area contributed by atoms with Crippen LogP contribution < -0.4 is 16.0 Å². The van der Waals surface area contributed by atoms with Crippen LogP contribution in [-0.4, -0.2) is 38.5 Å². The number of nitrogens with zero attached hydrogens (tertiary/aromatic N) is 1. The summed E-state index contributed by atoms with van der Waals surface area (Å²) >= 11 is 0. The molecule has 0 bridgehead atoms. The second-order valence-electron chi connectivity index (χ2n) is 5.28. The minimum absolute atomic E-state index is 0.0653. The van der Waals surface area contributed by atoms with E-state index < -0.39 is 0 Å². The summed E-state index contributed by atoms with van der Waals surface area (Å²) in [6.45, 7) is 1.96. The van der Waals surface area contributed by atoms with Crippen molar-refractivity contribution in [3.8, 4) is 0 Å². The first-order valence-corrected chi connectivity index (χ1v) is 8.11. The molecule has 0 spiro atoms. The van der Waals surface area contributed by atoms with Gasteiger partial charge in [0.15, 0.2) is 5.96 Å². The van der Waals surface area contributed by atoms with E-state index in [-0.39, 0.29) is 5.91 Å². The molecule has 0 aliphatic rings. The van der Waals surface area contributed by atoms with Crippen LogP contribution in [0, 0.1) is 0 Å². The summed E-state index contributed by atoms with van der Waals surface area (Å²) in [7, 11) is 1.74. The van der Waals surface area contributed by atoms with Crippen molar-refractivity contribution >= 4 is 11.9 Å². The molecule has 0 heterocycles. The molecule has 1 amide bonds. The number of hydrogen-bond acceptors (Lipinski definition) is 2. The van der Waals surface area contributed by atoms with Gasteiger partial charge in [0.2, 0.25) is 0 Å². The van der Waals surface area contributed by atoms with Crippen molar-refractivity contribution in [1.29, 1.82) is 0 Å². The van der Waals surface area contributed by atoms with Gasteiger partial charge in [-0.2, -0.15) is 0 Å². The molecule has 5 nitrogen and oxygen atoms in total. The van der Waals surface area contributed by atoms with Crippen LogP contribution in [0.1, 0.15) is 15.9 Å². The van der Waals surface area contributed by atoms with Crippen LogP contribution in [-0.2, 0) is 6.42 Å². The molecule has 0 fully saturated rings. The van der Waals surface area contributed by atoms with E-state index in [0.717, 1.165) is 18.9 Å². The number of amides is 1. The minimum atomic E-state index is -0.0653. The summed E-state index contributed by atoms with van der Waals surface area (Å²) in [5, 5.41) is 9.33. The van der Waals surface area contributed by atoms with Gasteiger partial charge in [0.25, 0.3) is 5.91 Å². The van der Waals surface area contributed by atoms with Crippen molar-refractivity contribution in [2.24, 2.45) is 4.99 Å². The van der Waals surface area contributed by atoms with E-state index in [4.69, 9.17) is 0 Å². The monoisotopic (exact) mass is 324 g/mol. The Morgan fingerprint density at radius 3 is 2.08 bits per heavy atom. The zero-order valence-corrected chi connectivity index (χ0v) is 14.0. The smallest absolute Gasteiger partial charge is 0.251 e. The summed E-state index contributed by atoms with van der Waals surface area (Å²) in [6.07, 6.45) is 0.937. The van der Waals surface area contributed by atoms with Crippen LogP contribution in [0.2, 0.25) is 0 Å². The molecule has 0 aromatic heterocycles. The third-order valence-electron chi connectivity index (χ3n) is 3.51. The standard InChI is InChI=1S/C19H24N4O/c1-20-19(22-13-12-16-8-4-2-5-9-16)23-15-14-21-18(24)17-10-6-3-7-11-17/h2-11H,12-15H2,1H3,(H,21,24)(H2,20,22,23). The molecule has 2 aromatic rings. The van der Waals surface area contributed by atoms with Crippen molar-refractivity contribution < 1.29 is 4.79 Å². The van der Waals surface area contributed by atoms with Gasteiger partial charge in [0, 0.05) is 32.2 Å². The first kappa shape index (κ1) is 17.5. The number of guanidine groups is 1. The van der Waals surface area contributed by atoms with Crippen molar-refractivity contribution in [3.63, 3.8) is 0 Å². The predicted molar refractivity (Wildman–Crippen MR) is 98.3 cm³/mol. The van der Waals surface area contributed by atoms with Crippen molar-refractivity contribution in [1.82, 2.24) is 16.0 Å². The van der Waals surface area contributed by atoms with Crippen LogP contribution in [0.3, 0.4) is 0 Å². The van der Waals surface area contributed by atoms with Gasteiger partial charge in [0.1, 0.15) is 0 Å². The molecule has 24 heavy (non-hydrogen) atoms. The molecule has 0 aliphatic carbocycles. The minimum Gasteiger partial charge on any atom is -0.356 e. The first-order valence-electron chi connectivity index (χ1n) is 8.11. The Morgan fingerprint density at radius 1 is 0.833 bits per heavy atom. The highest BCUT2D eigenvalue weighted by molar-refractivity contribution is 5.94. The largest absolute Gasteiger partial charge is 0.356 e. The molecular formula is C19H24N4O. The Labute approximate surface area is 143 Å². The van der Waals surface area contributed by atoms with Gasteiger partial charge in [-0.1, -0.05) is 48.5 Å². The summed E-state index contributed by atoms with van der Waals surface area (Å²) in [4.78, 5) is 16.1. The Morgan fingerprint density at radius 2 is 1.42 bits per heavy atom. The molecule has 0 saturated heterocycles. The maximum Gasteiger partial charge on any atom is 0.251 e. The molecule has 126 valence electrons. The van der Waals surface area contributed by atoms with Crippen LogP contribution >= 0.6 is 0 Å². The van der Waals surface area contributed by atoms with Crippen molar-refractivity contribution in [2.45, 2.75) is 6.42 Å². The zero-order chi connectivity index (χ0) is 17.0. The Kier molecular flexibility index (Phi) is 7.34. The molecule has 5 heteroatoms. The van der Waals surface area contributed by atoms with Gasteiger partial charge in [-0.25, -0.2) is 0 Å². The fourth-order valence-electron chi connectivity index (χ4n) is 2.24. The number of nitrogens with one attached hydrogen (secondary N) is 3. The number of benzene rings is 2. The van der Waals surface area contributed by atoms with Crippen LogP contribution in [0.15, 0.2) is 65.7 Å². The number of rotatable bonds is 7.